The van der Waals surface area contributed by atoms with Gasteiger partial charge < -0.3 is 10.3 Å². The van der Waals surface area contributed by atoms with E-state index in [9.17, 15) is 4.79 Å². The van der Waals surface area contributed by atoms with Gasteiger partial charge in [-0.3, -0.25) is 4.79 Å². The number of aryl methyl sites for hydroxylation is 1. The van der Waals surface area contributed by atoms with Crippen LogP contribution in [0.15, 0.2) is 46.2 Å². The maximum Gasteiger partial charge on any atom is 0.234 e. The zero-order chi connectivity index (χ0) is 15.5. The topological polar surface area (TPSA) is 70.7 Å². The van der Waals surface area contributed by atoms with Gasteiger partial charge in [-0.2, -0.15) is 0 Å². The molecule has 3 rings (SSSR count). The van der Waals surface area contributed by atoms with Gasteiger partial charge >= 0.3 is 0 Å². The Labute approximate surface area is 140 Å². The molecule has 2 aromatic heterocycles. The molecular weight excluding hydrogens is 364 g/mol. The molecule has 0 unspecified atom stereocenters. The summed E-state index contributed by atoms with van der Waals surface area (Å²) in [5.41, 5.74) is 3.36. The van der Waals surface area contributed by atoms with Crippen LogP contribution >= 0.6 is 27.7 Å². The van der Waals surface area contributed by atoms with Crippen molar-refractivity contribution in [3.05, 3.63) is 46.6 Å². The van der Waals surface area contributed by atoms with Crippen molar-refractivity contribution in [2.24, 2.45) is 0 Å². The SMILES string of the molecule is Cc1cc(Br)ccc1NC(=O)CSc1nc2ncccc2[nH]1. The first kappa shape index (κ1) is 15.1. The Morgan fingerprint density at radius 3 is 3.05 bits per heavy atom. The number of thioether (sulfide) groups is 1. The number of fused-ring (bicyclic) bond motifs is 1. The van der Waals surface area contributed by atoms with Crippen molar-refractivity contribution in [2.75, 3.05) is 11.1 Å². The number of hydrogen-bond donors (Lipinski definition) is 2. The van der Waals surface area contributed by atoms with Gasteiger partial charge in [-0.1, -0.05) is 27.7 Å². The van der Waals surface area contributed by atoms with E-state index in [2.05, 4.69) is 36.2 Å². The molecule has 1 amide bonds. The molecule has 0 aliphatic rings. The van der Waals surface area contributed by atoms with Crippen LogP contribution in [0.1, 0.15) is 5.56 Å². The van der Waals surface area contributed by atoms with E-state index in [1.807, 2.05) is 37.3 Å². The third-order valence-electron chi connectivity index (χ3n) is 3.04. The number of rotatable bonds is 4. The Balaban J connectivity index is 1.62. The summed E-state index contributed by atoms with van der Waals surface area (Å²) in [6, 6.07) is 9.50. The van der Waals surface area contributed by atoms with Gasteiger partial charge in [-0.15, -0.1) is 0 Å². The van der Waals surface area contributed by atoms with Crippen LogP contribution < -0.4 is 5.32 Å². The van der Waals surface area contributed by atoms with Crippen LogP contribution in [0.5, 0.6) is 0 Å². The number of hydrogen-bond acceptors (Lipinski definition) is 4. The second-order valence-corrected chi connectivity index (χ2v) is 6.59. The number of anilines is 1. The quantitative estimate of drug-likeness (QED) is 0.680. The molecule has 0 radical (unpaired) electrons. The third-order valence-corrected chi connectivity index (χ3v) is 4.40. The molecule has 22 heavy (non-hydrogen) atoms. The number of carbonyl (C=O) groups is 1. The average Bonchev–Trinajstić information content (AvgIpc) is 2.91. The monoisotopic (exact) mass is 376 g/mol. The average molecular weight is 377 g/mol. The third kappa shape index (κ3) is 3.48. The van der Waals surface area contributed by atoms with Gasteiger partial charge in [0, 0.05) is 16.4 Å². The van der Waals surface area contributed by atoms with Gasteiger partial charge in [0.05, 0.1) is 11.3 Å². The minimum atomic E-state index is -0.0659. The lowest BCUT2D eigenvalue weighted by Gasteiger charge is -2.08. The Morgan fingerprint density at radius 1 is 1.41 bits per heavy atom. The van der Waals surface area contributed by atoms with E-state index in [0.29, 0.717) is 10.8 Å². The fraction of sp³-hybridized carbons (Fsp3) is 0.133. The molecule has 0 atom stereocenters. The van der Waals surface area contributed by atoms with Crippen molar-refractivity contribution >= 4 is 50.5 Å². The number of aromatic amines is 1. The standard InChI is InChI=1S/C15H13BrN4OS/c1-9-7-10(16)4-5-11(9)18-13(21)8-22-15-19-12-3-2-6-17-14(12)20-15/h2-7H,8H2,1H3,(H,18,21)(H,17,19,20). The highest BCUT2D eigenvalue weighted by Crippen LogP contribution is 2.21. The molecule has 0 bridgehead atoms. The fourth-order valence-corrected chi connectivity index (χ4v) is 3.13. The lowest BCUT2D eigenvalue weighted by atomic mass is 10.2. The zero-order valence-corrected chi connectivity index (χ0v) is 14.2. The molecule has 0 spiro atoms. The first-order chi connectivity index (χ1) is 10.6. The lowest BCUT2D eigenvalue weighted by Crippen LogP contribution is -2.14. The van der Waals surface area contributed by atoms with Crippen LogP contribution in [0.3, 0.4) is 0 Å². The molecule has 0 aliphatic heterocycles. The second-order valence-electron chi connectivity index (χ2n) is 4.71. The first-order valence-electron chi connectivity index (χ1n) is 6.61. The Bertz CT molecular complexity index is 800. The fourth-order valence-electron chi connectivity index (χ4n) is 1.98. The predicted molar refractivity (Wildman–Crippen MR) is 92.1 cm³/mol. The summed E-state index contributed by atoms with van der Waals surface area (Å²) in [4.78, 5) is 23.7. The van der Waals surface area contributed by atoms with Crippen molar-refractivity contribution < 1.29 is 4.79 Å². The molecule has 5 nitrogen and oxygen atoms in total. The number of pyridine rings is 1. The van der Waals surface area contributed by atoms with Gasteiger partial charge in [0.25, 0.3) is 0 Å². The highest BCUT2D eigenvalue weighted by atomic mass is 79.9. The molecule has 7 heteroatoms. The number of carbonyl (C=O) groups excluding carboxylic acids is 1. The van der Waals surface area contributed by atoms with Crippen molar-refractivity contribution in [2.45, 2.75) is 12.1 Å². The number of benzene rings is 1. The van der Waals surface area contributed by atoms with Gasteiger partial charge in [-0.05, 0) is 42.8 Å². The highest BCUT2D eigenvalue weighted by molar-refractivity contribution is 9.10. The van der Waals surface area contributed by atoms with Crippen molar-refractivity contribution in [1.29, 1.82) is 0 Å². The van der Waals surface area contributed by atoms with Crippen LogP contribution in [-0.4, -0.2) is 26.6 Å². The zero-order valence-electron chi connectivity index (χ0n) is 11.8. The summed E-state index contributed by atoms with van der Waals surface area (Å²) in [5.74, 6) is 0.221. The maximum absolute atomic E-state index is 12.0. The minimum absolute atomic E-state index is 0.0659. The van der Waals surface area contributed by atoms with Gasteiger partial charge in [-0.25, -0.2) is 9.97 Å². The number of H-pyrrole nitrogens is 1. The maximum atomic E-state index is 12.0. The van der Waals surface area contributed by atoms with Crippen LogP contribution in [0.2, 0.25) is 0 Å². The van der Waals surface area contributed by atoms with Crippen LogP contribution in [0.25, 0.3) is 11.2 Å². The molecule has 112 valence electrons. The summed E-state index contributed by atoms with van der Waals surface area (Å²) in [6.45, 7) is 1.96. The Kier molecular flexibility index (Phi) is 4.44. The van der Waals surface area contributed by atoms with E-state index in [1.165, 1.54) is 11.8 Å². The first-order valence-corrected chi connectivity index (χ1v) is 8.39. The number of aromatic nitrogens is 3. The minimum Gasteiger partial charge on any atom is -0.332 e. The normalized spacial score (nSPS) is 10.8. The molecule has 0 saturated heterocycles. The molecule has 1 aromatic carbocycles. The number of nitrogens with zero attached hydrogens (tertiary/aromatic N) is 2. The summed E-state index contributed by atoms with van der Waals surface area (Å²) in [6.07, 6.45) is 1.70. The van der Waals surface area contributed by atoms with E-state index in [1.54, 1.807) is 6.20 Å². The van der Waals surface area contributed by atoms with E-state index in [0.717, 1.165) is 21.2 Å². The van der Waals surface area contributed by atoms with Crippen molar-refractivity contribution in [3.8, 4) is 0 Å². The molecule has 0 saturated carbocycles. The molecule has 2 heterocycles. The summed E-state index contributed by atoms with van der Waals surface area (Å²) >= 11 is 4.76. The molecule has 2 N–H and O–H groups in total. The summed E-state index contributed by atoms with van der Waals surface area (Å²) in [5, 5.41) is 3.59. The largest absolute Gasteiger partial charge is 0.332 e. The number of halogens is 1. The summed E-state index contributed by atoms with van der Waals surface area (Å²) < 4.78 is 0.993. The van der Waals surface area contributed by atoms with Crippen LogP contribution in [-0.2, 0) is 4.79 Å². The lowest BCUT2D eigenvalue weighted by molar-refractivity contribution is -0.113. The van der Waals surface area contributed by atoms with E-state index < -0.39 is 0 Å². The highest BCUT2D eigenvalue weighted by Gasteiger charge is 2.09. The van der Waals surface area contributed by atoms with Crippen molar-refractivity contribution in [3.63, 3.8) is 0 Å². The van der Waals surface area contributed by atoms with Gasteiger partial charge in [0.15, 0.2) is 10.8 Å². The predicted octanol–water partition coefficient (Wildman–Crippen LogP) is 3.76. The van der Waals surface area contributed by atoms with Crippen molar-refractivity contribution in [1.82, 2.24) is 15.0 Å². The van der Waals surface area contributed by atoms with Crippen LogP contribution in [0.4, 0.5) is 5.69 Å². The second kappa shape index (κ2) is 6.50. The Morgan fingerprint density at radius 2 is 2.27 bits per heavy atom. The van der Waals surface area contributed by atoms with E-state index >= 15 is 0 Å². The molecular formula is C15H13BrN4OS. The number of nitrogens with one attached hydrogen (secondary N) is 2. The Hall–Kier alpha value is -1.86. The van der Waals surface area contributed by atoms with Gasteiger partial charge in [0.1, 0.15) is 0 Å². The van der Waals surface area contributed by atoms with E-state index in [-0.39, 0.29) is 11.7 Å². The number of amides is 1. The molecule has 0 fully saturated rings. The van der Waals surface area contributed by atoms with E-state index in [4.69, 9.17) is 0 Å². The smallest absolute Gasteiger partial charge is 0.234 e. The number of imidazole rings is 1. The summed E-state index contributed by atoms with van der Waals surface area (Å²) in [7, 11) is 0. The van der Waals surface area contributed by atoms with Crippen LogP contribution in [0, 0.1) is 6.92 Å². The van der Waals surface area contributed by atoms with Gasteiger partial charge in [0.2, 0.25) is 5.91 Å². The molecule has 3 aromatic rings. The molecule has 0 aliphatic carbocycles.